The van der Waals surface area contributed by atoms with Gasteiger partial charge in [-0.15, -0.1) is 0 Å². The van der Waals surface area contributed by atoms with E-state index in [0.29, 0.717) is 32.1 Å². The summed E-state index contributed by atoms with van der Waals surface area (Å²) in [7, 11) is -4.43. The Labute approximate surface area is 349 Å². The van der Waals surface area contributed by atoms with Crippen LogP contribution in [0.3, 0.4) is 0 Å². The second-order valence-corrected chi connectivity index (χ2v) is 14.4. The number of aliphatic hydroxyl groups excluding tert-OH is 1. The van der Waals surface area contributed by atoms with E-state index in [9.17, 15) is 24.2 Å². The van der Waals surface area contributed by atoms with Gasteiger partial charge in [0.05, 0.1) is 19.3 Å². The van der Waals surface area contributed by atoms with Crippen LogP contribution in [0.2, 0.25) is 0 Å². The summed E-state index contributed by atoms with van der Waals surface area (Å²) in [5.41, 5.74) is 5.33. The first-order valence-electron chi connectivity index (χ1n) is 20.8. The molecule has 0 aromatic heterocycles. The number of rotatable bonds is 36. The van der Waals surface area contributed by atoms with Crippen LogP contribution < -0.4 is 5.73 Å². The molecule has 0 amide bonds. The van der Waals surface area contributed by atoms with Crippen LogP contribution in [0.15, 0.2) is 134 Å². The molecule has 324 valence electrons. The summed E-state index contributed by atoms with van der Waals surface area (Å²) in [6.07, 6.45) is 54.1. The van der Waals surface area contributed by atoms with E-state index in [1.807, 2.05) is 54.7 Å². The van der Waals surface area contributed by atoms with E-state index in [0.717, 1.165) is 51.4 Å². The summed E-state index contributed by atoms with van der Waals surface area (Å²) in [4.78, 5) is 34.8. The van der Waals surface area contributed by atoms with E-state index < -0.39 is 38.6 Å². The quantitative estimate of drug-likeness (QED) is 0.0183. The summed E-state index contributed by atoms with van der Waals surface area (Å²) >= 11 is 0. The lowest BCUT2D eigenvalue weighted by atomic mass is 10.2. The lowest BCUT2D eigenvalue weighted by Crippen LogP contribution is -2.29. The van der Waals surface area contributed by atoms with E-state index in [1.54, 1.807) is 6.08 Å². The summed E-state index contributed by atoms with van der Waals surface area (Å²) in [6.45, 7) is 3.20. The van der Waals surface area contributed by atoms with Gasteiger partial charge in [0.15, 0.2) is 6.10 Å². The predicted molar refractivity (Wildman–Crippen MR) is 239 cm³/mol. The van der Waals surface area contributed by atoms with Gasteiger partial charge in [0.2, 0.25) is 0 Å². The Bertz CT molecular complexity index is 1420. The summed E-state index contributed by atoms with van der Waals surface area (Å²) < 4.78 is 32.6. The van der Waals surface area contributed by atoms with Gasteiger partial charge in [0.25, 0.3) is 0 Å². The van der Waals surface area contributed by atoms with E-state index in [4.69, 9.17) is 24.3 Å². The fraction of sp³-hybridized carbons (Fsp3) is 0.489. The van der Waals surface area contributed by atoms with Crippen molar-refractivity contribution in [2.24, 2.45) is 5.73 Å². The van der Waals surface area contributed by atoms with E-state index >= 15 is 0 Å². The highest BCUT2D eigenvalue weighted by molar-refractivity contribution is 7.47. The fourth-order valence-corrected chi connectivity index (χ4v) is 5.37. The maximum Gasteiger partial charge on any atom is 0.472 e. The van der Waals surface area contributed by atoms with Gasteiger partial charge in [-0.25, -0.2) is 4.57 Å². The normalized spacial score (nSPS) is 15.2. The van der Waals surface area contributed by atoms with Gasteiger partial charge in [-0.3, -0.25) is 18.6 Å². The van der Waals surface area contributed by atoms with Crippen molar-refractivity contribution in [2.45, 2.75) is 122 Å². The van der Waals surface area contributed by atoms with Crippen molar-refractivity contribution in [1.82, 2.24) is 0 Å². The van der Waals surface area contributed by atoms with Crippen LogP contribution >= 0.6 is 7.82 Å². The third kappa shape index (κ3) is 40.3. The highest BCUT2D eigenvalue weighted by Gasteiger charge is 2.25. The number of carbonyl (C=O) groups is 2. The molecule has 3 atom stereocenters. The van der Waals surface area contributed by atoms with Crippen molar-refractivity contribution in [1.29, 1.82) is 0 Å². The number of phosphoric ester groups is 1. The average Bonchev–Trinajstić information content (AvgIpc) is 3.20. The molecular formula is C47H72NO9P. The van der Waals surface area contributed by atoms with E-state index in [1.165, 1.54) is 0 Å². The van der Waals surface area contributed by atoms with Crippen molar-refractivity contribution in [2.75, 3.05) is 26.4 Å². The number of esters is 2. The third-order valence-corrected chi connectivity index (χ3v) is 8.61. The second-order valence-electron chi connectivity index (χ2n) is 12.9. The number of hydrogen-bond acceptors (Lipinski definition) is 9. The number of hydrogen-bond donors (Lipinski definition) is 3. The maximum absolute atomic E-state index is 12.5. The van der Waals surface area contributed by atoms with Crippen molar-refractivity contribution >= 4 is 19.8 Å². The minimum atomic E-state index is -4.43. The molecule has 0 aromatic rings. The third-order valence-electron chi connectivity index (χ3n) is 7.63. The topological polar surface area (TPSA) is 155 Å². The molecular weight excluding hydrogens is 753 g/mol. The molecule has 0 fully saturated rings. The summed E-state index contributed by atoms with van der Waals surface area (Å²) in [6, 6.07) is 0. The van der Waals surface area contributed by atoms with Crippen molar-refractivity contribution < 1.29 is 42.7 Å². The summed E-state index contributed by atoms with van der Waals surface area (Å²) in [5.74, 6) is -1.03. The van der Waals surface area contributed by atoms with Gasteiger partial charge in [-0.05, 0) is 83.5 Å². The smallest absolute Gasteiger partial charge is 0.462 e. The molecule has 0 heterocycles. The van der Waals surface area contributed by atoms with Crippen LogP contribution in [0.4, 0.5) is 0 Å². The molecule has 4 N–H and O–H groups in total. The molecule has 0 aliphatic rings. The Hall–Kier alpha value is -3.89. The molecule has 2 unspecified atom stereocenters. The molecule has 0 spiro atoms. The van der Waals surface area contributed by atoms with Crippen LogP contribution in [-0.4, -0.2) is 60.5 Å². The monoisotopic (exact) mass is 825 g/mol. The molecule has 0 aliphatic carbocycles. The first kappa shape index (κ1) is 54.1. The van der Waals surface area contributed by atoms with Crippen LogP contribution in [0.5, 0.6) is 0 Å². The van der Waals surface area contributed by atoms with Gasteiger partial charge in [-0.2, -0.15) is 0 Å². The first-order chi connectivity index (χ1) is 28.2. The Morgan fingerprint density at radius 2 is 1.10 bits per heavy atom. The fourth-order valence-electron chi connectivity index (χ4n) is 4.60. The van der Waals surface area contributed by atoms with Gasteiger partial charge >= 0.3 is 19.8 Å². The Morgan fingerprint density at radius 1 is 0.603 bits per heavy atom. The number of phosphoric acid groups is 1. The minimum absolute atomic E-state index is 0.0194. The van der Waals surface area contributed by atoms with Crippen LogP contribution in [0.25, 0.3) is 0 Å². The van der Waals surface area contributed by atoms with Crippen molar-refractivity contribution in [3.63, 3.8) is 0 Å². The van der Waals surface area contributed by atoms with Gasteiger partial charge in [0.1, 0.15) is 6.61 Å². The lowest BCUT2D eigenvalue weighted by Gasteiger charge is -2.19. The predicted octanol–water partition coefficient (Wildman–Crippen LogP) is 10.9. The Balaban J connectivity index is 4.48. The Morgan fingerprint density at radius 3 is 1.66 bits per heavy atom. The second kappa shape index (κ2) is 41.3. The number of allylic oxidation sites excluding steroid dienone is 20. The van der Waals surface area contributed by atoms with Gasteiger partial charge in [-0.1, -0.05) is 148 Å². The molecule has 10 nitrogen and oxygen atoms in total. The standard InChI is InChI=1S/C47H72NO9P/c1-3-5-7-8-9-10-11-12-13-14-15-18-21-24-27-30-34-38-46(50)54-42-45(43-56-58(52,53)55-41-40-48)57-47(51)39-35-31-28-25-22-19-16-17-20-23-26-29-33-37-44(49)36-32-6-4-2/h5-7,9-10,12-13,15,17-20,22,24,26-29,31-33,37,44-45,49H,3-4,8,11,14,16,21,23,25,30,34-36,38-43,48H2,1-2H3,(H,52,53)/b7-5-,10-9-,13-12-,18-15-,20-17-,22-19-,27-24-,29-26+,31-28-,32-6-,37-33+/t44?,45-/m1/s1. The highest BCUT2D eigenvalue weighted by Crippen LogP contribution is 2.43. The Kier molecular flexibility index (Phi) is 38.5. The van der Waals surface area contributed by atoms with Crippen LogP contribution in [0.1, 0.15) is 110 Å². The van der Waals surface area contributed by atoms with Gasteiger partial charge in [0, 0.05) is 19.4 Å². The average molecular weight is 826 g/mol. The number of unbranched alkanes of at least 4 members (excludes halogenated alkanes) is 1. The number of carbonyl (C=O) groups excluding carboxylic acids is 2. The zero-order valence-electron chi connectivity index (χ0n) is 35.1. The lowest BCUT2D eigenvalue weighted by molar-refractivity contribution is -0.161. The number of nitrogens with two attached hydrogens (primary N) is 1. The zero-order chi connectivity index (χ0) is 42.6. The summed E-state index contributed by atoms with van der Waals surface area (Å²) in [5, 5.41) is 9.83. The molecule has 0 saturated carbocycles. The molecule has 0 bridgehead atoms. The van der Waals surface area contributed by atoms with Crippen molar-refractivity contribution in [3.8, 4) is 0 Å². The molecule has 11 heteroatoms. The SMILES string of the molecule is CC/C=C\C/C=C\C/C=C\C/C=C\C/C=C\CCCC(=O)OC[C@H](COP(=O)(O)OCCN)OC(=O)CC/C=C\C/C=C\C/C=C\C/C=C/C=C/C(O)C/C=C\CC. The first-order valence-corrected chi connectivity index (χ1v) is 22.3. The van der Waals surface area contributed by atoms with E-state index in [2.05, 4.69) is 86.8 Å². The molecule has 0 aliphatic heterocycles. The maximum atomic E-state index is 12.5. The molecule has 0 rings (SSSR count). The highest BCUT2D eigenvalue weighted by atomic mass is 31.2. The minimum Gasteiger partial charge on any atom is -0.462 e. The number of aliphatic hydroxyl groups is 1. The number of ether oxygens (including phenoxy) is 2. The largest absolute Gasteiger partial charge is 0.472 e. The van der Waals surface area contributed by atoms with Gasteiger partial charge < -0.3 is 25.2 Å². The molecule has 0 aromatic carbocycles. The zero-order valence-corrected chi connectivity index (χ0v) is 36.0. The van der Waals surface area contributed by atoms with E-state index in [-0.39, 0.29) is 32.6 Å². The van der Waals surface area contributed by atoms with Crippen LogP contribution in [0, 0.1) is 0 Å². The molecule has 58 heavy (non-hydrogen) atoms. The molecule has 0 saturated heterocycles. The van der Waals surface area contributed by atoms with Crippen LogP contribution in [-0.2, 0) is 32.7 Å². The molecule has 0 radical (unpaired) electrons. The van der Waals surface area contributed by atoms with Crippen molar-refractivity contribution in [3.05, 3.63) is 134 Å².